The average molecular weight is 607 g/mol. The number of rotatable bonds is 5. The lowest BCUT2D eigenvalue weighted by Gasteiger charge is -2.30. The maximum absolute atomic E-state index is 13.8. The summed E-state index contributed by atoms with van der Waals surface area (Å²) < 4.78 is 2.27. The van der Waals surface area contributed by atoms with Crippen molar-refractivity contribution >= 4 is 68.1 Å². The van der Waals surface area contributed by atoms with E-state index in [0.29, 0.717) is 21.3 Å². The summed E-state index contributed by atoms with van der Waals surface area (Å²) in [4.78, 5) is 55.3. The van der Waals surface area contributed by atoms with Gasteiger partial charge in [0.15, 0.2) is 0 Å². The normalized spacial score (nSPS) is 20.2. The van der Waals surface area contributed by atoms with Crippen LogP contribution in [0.1, 0.15) is 16.4 Å². The lowest BCUT2D eigenvalue weighted by atomic mass is 9.83. The molecule has 1 fully saturated rings. The van der Waals surface area contributed by atoms with Gasteiger partial charge in [0.05, 0.1) is 16.6 Å². The predicted octanol–water partition coefficient (Wildman–Crippen LogP) is 5.11. The molecule has 6 rings (SSSR count). The maximum Gasteiger partial charge on any atom is 0.308 e. The molecule has 0 aliphatic carbocycles. The van der Waals surface area contributed by atoms with Crippen LogP contribution in [0, 0.1) is 5.92 Å². The first-order valence-corrected chi connectivity index (χ1v) is 14.3. The number of thioether (sulfide) groups is 1. The van der Waals surface area contributed by atoms with Crippen molar-refractivity contribution < 1.29 is 14.4 Å². The number of nitrogens with one attached hydrogen (secondary N) is 1. The molecule has 4 aromatic rings. The summed E-state index contributed by atoms with van der Waals surface area (Å²) in [5.41, 5.74) is 1.99. The fraction of sp³-hybridized carbons (Fsp3) is 0.143. The number of aromatic nitrogens is 1. The van der Waals surface area contributed by atoms with Crippen molar-refractivity contribution in [2.75, 3.05) is 10.2 Å². The molecule has 0 saturated carbocycles. The molecule has 3 aromatic carbocycles. The maximum atomic E-state index is 13.8. The molecule has 3 atom stereocenters. The zero-order valence-electron chi connectivity index (χ0n) is 19.7. The van der Waals surface area contributed by atoms with Crippen LogP contribution in [-0.4, -0.2) is 27.5 Å². The van der Waals surface area contributed by atoms with Crippen molar-refractivity contribution in [1.82, 2.24) is 4.57 Å². The highest BCUT2D eigenvalue weighted by Gasteiger charge is 2.56. The van der Waals surface area contributed by atoms with Crippen LogP contribution in [0.3, 0.4) is 0 Å². The zero-order chi connectivity index (χ0) is 26.4. The average Bonchev–Trinajstić information content (AvgIpc) is 3.36. The SMILES string of the molecule is O=C(Cn1c2c(sc1=O)[C@@H](c1ccccc1)C1C(=O)N(c3ccc(Br)cc3)C(=O)C1S2)Nc1ccccc1. The van der Waals surface area contributed by atoms with Gasteiger partial charge in [-0.25, -0.2) is 4.90 Å². The lowest BCUT2D eigenvalue weighted by molar-refractivity contribution is -0.122. The van der Waals surface area contributed by atoms with Gasteiger partial charge in [-0.2, -0.15) is 0 Å². The highest BCUT2D eigenvalue weighted by Crippen LogP contribution is 2.53. The van der Waals surface area contributed by atoms with Crippen LogP contribution < -0.4 is 15.1 Å². The monoisotopic (exact) mass is 605 g/mol. The van der Waals surface area contributed by atoms with E-state index in [2.05, 4.69) is 21.2 Å². The van der Waals surface area contributed by atoms with Gasteiger partial charge >= 0.3 is 4.87 Å². The number of thiazole rings is 1. The van der Waals surface area contributed by atoms with E-state index in [1.165, 1.54) is 21.2 Å². The molecule has 190 valence electrons. The number of carbonyl (C=O) groups excluding carboxylic acids is 3. The second-order valence-corrected chi connectivity index (χ2v) is 12.0. The Kier molecular flexibility index (Phi) is 6.55. The Morgan fingerprint density at radius 1 is 0.868 bits per heavy atom. The van der Waals surface area contributed by atoms with Crippen molar-refractivity contribution in [2.24, 2.45) is 5.92 Å². The molecule has 2 aliphatic rings. The third kappa shape index (κ3) is 4.32. The standard InChI is InChI=1S/C28H20BrN3O4S2/c29-17-11-13-19(14-12-17)32-25(34)22-21(16-7-3-1-4-8-16)24-27(37-23(22)26(32)35)31(28(36)38-24)15-20(33)30-18-9-5-2-6-10-18/h1-14,21-23H,15H2,(H,30,33)/t21-,22?,23?/m0/s1. The number of benzene rings is 3. The van der Waals surface area contributed by atoms with Crippen molar-refractivity contribution in [3.8, 4) is 0 Å². The molecule has 3 heterocycles. The molecule has 38 heavy (non-hydrogen) atoms. The van der Waals surface area contributed by atoms with E-state index < -0.39 is 17.1 Å². The Balaban J connectivity index is 1.41. The molecular weight excluding hydrogens is 586 g/mol. The van der Waals surface area contributed by atoms with Gasteiger partial charge < -0.3 is 5.32 Å². The third-order valence-corrected chi connectivity index (χ3v) is 9.78. The van der Waals surface area contributed by atoms with Crippen LogP contribution in [0.4, 0.5) is 11.4 Å². The lowest BCUT2D eigenvalue weighted by Crippen LogP contribution is -2.33. The summed E-state index contributed by atoms with van der Waals surface area (Å²) in [6, 6.07) is 25.6. The van der Waals surface area contributed by atoms with Gasteiger partial charge in [0.1, 0.15) is 11.8 Å². The van der Waals surface area contributed by atoms with Gasteiger partial charge in [0, 0.05) is 21.0 Å². The number of halogens is 1. The molecule has 3 amide bonds. The Morgan fingerprint density at radius 3 is 2.21 bits per heavy atom. The van der Waals surface area contributed by atoms with E-state index in [1.807, 2.05) is 48.5 Å². The second-order valence-electron chi connectivity index (χ2n) is 8.98. The van der Waals surface area contributed by atoms with Gasteiger partial charge in [0.2, 0.25) is 17.7 Å². The van der Waals surface area contributed by atoms with Crippen molar-refractivity contribution in [1.29, 1.82) is 0 Å². The van der Waals surface area contributed by atoms with Crippen LogP contribution in [0.5, 0.6) is 0 Å². The summed E-state index contributed by atoms with van der Waals surface area (Å²) in [5.74, 6) is -2.11. The number of imide groups is 1. The molecule has 2 aliphatic heterocycles. The molecule has 2 unspecified atom stereocenters. The molecular formula is C28H20BrN3O4S2. The Bertz CT molecular complexity index is 1600. The first-order chi connectivity index (χ1) is 18.4. The van der Waals surface area contributed by atoms with Crippen LogP contribution in [0.25, 0.3) is 0 Å². The summed E-state index contributed by atoms with van der Waals surface area (Å²) in [5, 5.41) is 2.66. The van der Waals surface area contributed by atoms with E-state index in [9.17, 15) is 19.2 Å². The van der Waals surface area contributed by atoms with Crippen LogP contribution in [0.15, 0.2) is 99.2 Å². The van der Waals surface area contributed by atoms with Crippen LogP contribution in [0.2, 0.25) is 0 Å². The number of para-hydroxylation sites is 1. The number of hydrogen-bond donors (Lipinski definition) is 1. The molecule has 1 N–H and O–H groups in total. The Labute approximate surface area is 234 Å². The van der Waals surface area contributed by atoms with Crippen molar-refractivity contribution in [2.45, 2.75) is 22.7 Å². The van der Waals surface area contributed by atoms with E-state index in [-0.39, 0.29) is 29.1 Å². The van der Waals surface area contributed by atoms with Crippen LogP contribution in [-0.2, 0) is 20.9 Å². The van der Waals surface area contributed by atoms with E-state index in [1.54, 1.807) is 36.4 Å². The van der Waals surface area contributed by atoms with Gasteiger partial charge in [0.25, 0.3) is 0 Å². The topological polar surface area (TPSA) is 88.5 Å². The minimum atomic E-state index is -0.721. The minimum Gasteiger partial charge on any atom is -0.325 e. The van der Waals surface area contributed by atoms with E-state index in [4.69, 9.17) is 0 Å². The highest BCUT2D eigenvalue weighted by molar-refractivity contribution is 9.10. The molecule has 1 aromatic heterocycles. The number of carbonyl (C=O) groups is 3. The summed E-state index contributed by atoms with van der Waals surface area (Å²) in [7, 11) is 0. The van der Waals surface area contributed by atoms with Gasteiger partial charge in [-0.1, -0.05) is 87.6 Å². The molecule has 0 bridgehead atoms. The summed E-state index contributed by atoms with van der Waals surface area (Å²) in [6.07, 6.45) is 0. The van der Waals surface area contributed by atoms with Gasteiger partial charge in [-0.05, 0) is 42.0 Å². The number of nitrogens with zero attached hydrogens (tertiary/aromatic N) is 2. The minimum absolute atomic E-state index is 0.190. The van der Waals surface area contributed by atoms with Crippen LogP contribution >= 0.6 is 39.0 Å². The third-order valence-electron chi connectivity index (χ3n) is 6.65. The molecule has 10 heteroatoms. The zero-order valence-corrected chi connectivity index (χ0v) is 23.0. The number of hydrogen-bond acceptors (Lipinski definition) is 6. The van der Waals surface area contributed by atoms with Gasteiger partial charge in [-0.15, -0.1) is 0 Å². The smallest absolute Gasteiger partial charge is 0.308 e. The van der Waals surface area contributed by atoms with Crippen molar-refractivity contribution in [3.63, 3.8) is 0 Å². The Morgan fingerprint density at radius 2 is 1.53 bits per heavy atom. The van der Waals surface area contributed by atoms with E-state index >= 15 is 0 Å². The highest BCUT2D eigenvalue weighted by atomic mass is 79.9. The second kappa shape index (κ2) is 10.0. The number of anilines is 2. The number of fused-ring (bicyclic) bond motifs is 2. The fourth-order valence-corrected chi connectivity index (χ4v) is 8.02. The Hall–Kier alpha value is -3.47. The molecule has 7 nitrogen and oxygen atoms in total. The molecule has 1 saturated heterocycles. The largest absolute Gasteiger partial charge is 0.325 e. The molecule has 0 spiro atoms. The summed E-state index contributed by atoms with van der Waals surface area (Å²) >= 11 is 5.64. The fourth-order valence-electron chi connectivity index (χ4n) is 4.99. The quantitative estimate of drug-likeness (QED) is 0.319. The van der Waals surface area contributed by atoms with E-state index in [0.717, 1.165) is 21.4 Å². The first-order valence-electron chi connectivity index (χ1n) is 11.9. The first kappa shape index (κ1) is 24.8. The van der Waals surface area contributed by atoms with Gasteiger partial charge in [-0.3, -0.25) is 23.7 Å². The number of amides is 3. The van der Waals surface area contributed by atoms with Crippen molar-refractivity contribution in [3.05, 3.63) is 110 Å². The predicted molar refractivity (Wildman–Crippen MR) is 152 cm³/mol. The summed E-state index contributed by atoms with van der Waals surface area (Å²) in [6.45, 7) is -0.190. The molecule has 0 radical (unpaired) electrons.